The third-order valence-corrected chi connectivity index (χ3v) is 7.23. The zero-order valence-electron chi connectivity index (χ0n) is 22.8. The van der Waals surface area contributed by atoms with Gasteiger partial charge in [0.25, 0.3) is 5.69 Å². The van der Waals surface area contributed by atoms with Gasteiger partial charge >= 0.3 is 0 Å². The smallest absolute Gasteiger partial charge is 0.270 e. The summed E-state index contributed by atoms with van der Waals surface area (Å²) in [5, 5.41) is 28.1. The normalized spacial score (nSPS) is 10.6. The van der Waals surface area contributed by atoms with Crippen LogP contribution in [0.2, 0.25) is 0 Å². The van der Waals surface area contributed by atoms with Gasteiger partial charge in [0.1, 0.15) is 0 Å². The Morgan fingerprint density at radius 3 is 2.24 bits per heavy atom. The zero-order valence-corrected chi connectivity index (χ0v) is 23.6. The van der Waals surface area contributed by atoms with Crippen LogP contribution in [0.1, 0.15) is 29.2 Å². The number of nitrogens with zero attached hydrogens (tertiary/aromatic N) is 1. The largest absolute Gasteiger partial charge is 0.356 e. The molecule has 0 atom stereocenters. The van der Waals surface area contributed by atoms with Gasteiger partial charge in [0.15, 0.2) is 0 Å². The van der Waals surface area contributed by atoms with Gasteiger partial charge in [0.2, 0.25) is 10.0 Å². The van der Waals surface area contributed by atoms with Crippen molar-refractivity contribution in [3.8, 4) is 11.1 Å². The van der Waals surface area contributed by atoms with E-state index >= 15 is 0 Å². The number of nitrogens with two attached hydrogens (primary N) is 1. The quantitative estimate of drug-likeness (QED) is 0.132. The Morgan fingerprint density at radius 1 is 0.951 bits per heavy atom. The van der Waals surface area contributed by atoms with Crippen LogP contribution in [0.15, 0.2) is 109 Å². The van der Waals surface area contributed by atoms with Gasteiger partial charge in [-0.1, -0.05) is 74.7 Å². The van der Waals surface area contributed by atoms with Crippen LogP contribution in [-0.2, 0) is 16.4 Å². The fourth-order valence-electron chi connectivity index (χ4n) is 4.02. The number of aryl methyl sites for hydroxylation is 2. The Balaban J connectivity index is 0.000000322. The highest BCUT2D eigenvalue weighted by Gasteiger charge is 2.15. The van der Waals surface area contributed by atoms with Crippen LogP contribution in [0.4, 0.5) is 11.4 Å². The lowest BCUT2D eigenvalue weighted by atomic mass is 10.0. The molecule has 0 saturated carbocycles. The number of benzene rings is 4. The van der Waals surface area contributed by atoms with Crippen molar-refractivity contribution in [1.29, 1.82) is 0 Å². The highest BCUT2D eigenvalue weighted by atomic mass is 32.2. The van der Waals surface area contributed by atoms with E-state index in [1.807, 2.05) is 36.7 Å². The van der Waals surface area contributed by atoms with Gasteiger partial charge in [-0.3, -0.25) is 20.8 Å². The molecule has 0 fully saturated rings. The van der Waals surface area contributed by atoms with E-state index in [1.165, 1.54) is 23.8 Å². The Bertz CT molecular complexity index is 1680. The second-order valence-corrected chi connectivity index (χ2v) is 10.7. The van der Waals surface area contributed by atoms with Crippen LogP contribution in [0, 0.1) is 17.0 Å². The highest BCUT2D eigenvalue weighted by Crippen LogP contribution is 2.29. The molecule has 0 amide bonds. The average Bonchev–Trinajstić information content (AvgIpc) is 2.97. The third-order valence-electron chi connectivity index (χ3n) is 6.26. The Morgan fingerprint density at radius 2 is 1.63 bits per heavy atom. The van der Waals surface area contributed by atoms with E-state index in [1.54, 1.807) is 48.5 Å². The second-order valence-electron chi connectivity index (χ2n) is 9.12. The first-order chi connectivity index (χ1) is 19.4. The molecule has 0 radical (unpaired) electrons. The predicted molar refractivity (Wildman–Crippen MR) is 164 cm³/mol. The Kier molecular flexibility index (Phi) is 10.2. The van der Waals surface area contributed by atoms with E-state index in [-0.39, 0.29) is 10.6 Å². The molecule has 0 aromatic heterocycles. The van der Waals surface area contributed by atoms with Gasteiger partial charge in [-0.15, -0.1) is 0 Å². The lowest BCUT2D eigenvalue weighted by molar-refractivity contribution is -0.384. The third kappa shape index (κ3) is 8.12. The highest BCUT2D eigenvalue weighted by molar-refractivity contribution is 7.89. The van der Waals surface area contributed by atoms with Crippen LogP contribution in [0.5, 0.6) is 0 Å². The number of anilines is 1. The fraction of sp³-hybridized carbons (Fsp3) is 0.0968. The monoisotopic (exact) mass is 572 g/mol. The first kappa shape index (κ1) is 30.8. The fourth-order valence-corrected chi connectivity index (χ4v) is 4.78. The minimum absolute atomic E-state index is 0.0106. The summed E-state index contributed by atoms with van der Waals surface area (Å²) in [6, 6.07) is 26.1. The molecule has 0 aliphatic rings. The van der Waals surface area contributed by atoms with E-state index in [0.717, 1.165) is 17.5 Å². The van der Waals surface area contributed by atoms with E-state index in [4.69, 9.17) is 10.3 Å². The van der Waals surface area contributed by atoms with Crippen molar-refractivity contribution >= 4 is 32.8 Å². The number of rotatable bonds is 9. The molecule has 0 saturated heterocycles. The summed E-state index contributed by atoms with van der Waals surface area (Å²) in [7, 11) is -3.85. The molecular weight excluding hydrogens is 540 g/mol. The minimum atomic E-state index is -3.85. The predicted octanol–water partition coefficient (Wildman–Crippen LogP) is 6.50. The first-order valence-corrected chi connectivity index (χ1v) is 14.1. The number of non-ortho nitro benzene ring substituents is 1. The number of nitro groups is 1. The van der Waals surface area contributed by atoms with Crippen molar-refractivity contribution < 1.29 is 18.5 Å². The lowest BCUT2D eigenvalue weighted by Gasteiger charge is -2.13. The van der Waals surface area contributed by atoms with Gasteiger partial charge < -0.3 is 5.32 Å². The van der Waals surface area contributed by atoms with Gasteiger partial charge in [0, 0.05) is 34.6 Å². The summed E-state index contributed by atoms with van der Waals surface area (Å²) >= 11 is 0. The number of nitrogens with one attached hydrogen (secondary N) is 2. The standard InChI is InChI=1S/C21H19N3O4S.C10H13NO/c1-14-7-12-18(24(25)26)13-20(14)15(2)23-17-10-8-16(9-11-17)19-5-3-4-6-21(19)29(22,27)28;1-3-9-5-4-6-10(7-9)8(2)11-12/h3-13,23H,2H2,1H3,(H2,22,27,28);4-7,11-12H,2-3H2,1H3. The molecule has 4 aromatic carbocycles. The number of sulfonamides is 1. The van der Waals surface area contributed by atoms with Crippen LogP contribution in [0.3, 0.4) is 0 Å². The second kappa shape index (κ2) is 13.5. The number of hydroxylamine groups is 1. The summed E-state index contributed by atoms with van der Waals surface area (Å²) in [5.74, 6) is 0. The van der Waals surface area contributed by atoms with Crippen LogP contribution >= 0.6 is 0 Å². The lowest BCUT2D eigenvalue weighted by Crippen LogP contribution is -2.13. The van der Waals surface area contributed by atoms with Crippen molar-refractivity contribution in [1.82, 2.24) is 5.48 Å². The Hall–Kier alpha value is -4.77. The van der Waals surface area contributed by atoms with Gasteiger partial charge in [-0.25, -0.2) is 13.6 Å². The maximum Gasteiger partial charge on any atom is 0.270 e. The van der Waals surface area contributed by atoms with Crippen LogP contribution in [-0.4, -0.2) is 18.5 Å². The summed E-state index contributed by atoms with van der Waals surface area (Å²) < 4.78 is 23.6. The summed E-state index contributed by atoms with van der Waals surface area (Å²) in [6.07, 6.45) is 0.993. The number of nitro benzene ring substituents is 1. The molecule has 0 bridgehead atoms. The van der Waals surface area contributed by atoms with Gasteiger partial charge in [0.05, 0.1) is 15.5 Å². The summed E-state index contributed by atoms with van der Waals surface area (Å²) in [5.41, 5.74) is 8.65. The molecule has 0 aliphatic heterocycles. The van der Waals surface area contributed by atoms with Crippen LogP contribution < -0.4 is 15.9 Å². The van der Waals surface area contributed by atoms with Crippen molar-refractivity contribution in [2.24, 2.45) is 5.14 Å². The van der Waals surface area contributed by atoms with E-state index < -0.39 is 14.9 Å². The summed E-state index contributed by atoms with van der Waals surface area (Å²) in [4.78, 5) is 10.6. The molecule has 0 heterocycles. The maximum atomic E-state index is 11.8. The molecule has 0 aliphatic carbocycles. The van der Waals surface area contributed by atoms with Crippen molar-refractivity contribution in [2.75, 3.05) is 5.32 Å². The SMILES string of the molecule is C=C(NO)c1cccc(CC)c1.C=C(Nc1ccc(-c2ccccc2S(N)(=O)=O)cc1)c1cc([N+](=O)[O-])ccc1C. The molecule has 4 aromatic rings. The molecule has 9 nitrogen and oxygen atoms in total. The van der Waals surface area contributed by atoms with Crippen molar-refractivity contribution in [3.05, 3.63) is 137 Å². The van der Waals surface area contributed by atoms with Gasteiger partial charge in [-0.2, -0.15) is 0 Å². The Labute approximate surface area is 239 Å². The van der Waals surface area contributed by atoms with Gasteiger partial charge in [-0.05, 0) is 59.9 Å². The molecule has 4 rings (SSSR count). The average molecular weight is 573 g/mol. The van der Waals surface area contributed by atoms with E-state index in [2.05, 4.69) is 25.4 Å². The van der Waals surface area contributed by atoms with E-state index in [9.17, 15) is 18.5 Å². The number of hydrogen-bond acceptors (Lipinski definition) is 7. The van der Waals surface area contributed by atoms with Crippen molar-refractivity contribution in [3.63, 3.8) is 0 Å². The molecule has 0 unspecified atom stereocenters. The number of hydrogen-bond donors (Lipinski definition) is 4. The van der Waals surface area contributed by atoms with Crippen LogP contribution in [0.25, 0.3) is 22.5 Å². The summed E-state index contributed by atoms with van der Waals surface area (Å²) in [6.45, 7) is 11.6. The molecule has 0 spiro atoms. The minimum Gasteiger partial charge on any atom is -0.356 e. The maximum absolute atomic E-state index is 11.8. The first-order valence-electron chi connectivity index (χ1n) is 12.6. The molecule has 212 valence electrons. The van der Waals surface area contributed by atoms with Crippen molar-refractivity contribution in [2.45, 2.75) is 25.2 Å². The number of primary sulfonamides is 1. The van der Waals surface area contributed by atoms with E-state index in [0.29, 0.717) is 33.8 Å². The molecule has 10 heteroatoms. The molecular formula is C31H32N4O5S. The molecule has 41 heavy (non-hydrogen) atoms. The topological polar surface area (TPSA) is 148 Å². The molecule has 5 N–H and O–H groups in total. The zero-order chi connectivity index (χ0) is 30.2.